The Bertz CT molecular complexity index is 963. The van der Waals surface area contributed by atoms with E-state index in [2.05, 4.69) is 39.9 Å². The van der Waals surface area contributed by atoms with E-state index in [-0.39, 0.29) is 18.2 Å². The van der Waals surface area contributed by atoms with Crippen LogP contribution >= 0.6 is 0 Å². The van der Waals surface area contributed by atoms with Crippen molar-refractivity contribution in [1.82, 2.24) is 5.32 Å². The van der Waals surface area contributed by atoms with Gasteiger partial charge in [0.05, 0.1) is 18.9 Å². The molecule has 7 heteroatoms. The number of oxime groups is 2. The van der Waals surface area contributed by atoms with Crippen LogP contribution in [-0.4, -0.2) is 44.7 Å². The molecule has 0 saturated carbocycles. The monoisotopic (exact) mass is 423 g/mol. The van der Waals surface area contributed by atoms with Crippen LogP contribution in [0.4, 0.5) is 0 Å². The number of aryl methyl sites for hydroxylation is 1. The summed E-state index contributed by atoms with van der Waals surface area (Å²) in [5.41, 5.74) is 5.74. The van der Waals surface area contributed by atoms with E-state index in [0.717, 1.165) is 42.0 Å². The zero-order valence-corrected chi connectivity index (χ0v) is 18.5. The molecule has 7 nitrogen and oxygen atoms in total. The summed E-state index contributed by atoms with van der Waals surface area (Å²) in [5, 5.41) is 10.8. The Labute approximate surface area is 183 Å². The van der Waals surface area contributed by atoms with Gasteiger partial charge in [-0.3, -0.25) is 4.79 Å². The first-order chi connectivity index (χ1) is 15.0. The minimum atomic E-state index is -0.332. The Morgan fingerprint density at radius 3 is 2.52 bits per heavy atom. The quantitative estimate of drug-likeness (QED) is 0.496. The lowest BCUT2D eigenvalue weighted by Crippen LogP contribution is -2.29. The third-order valence-corrected chi connectivity index (χ3v) is 5.30. The van der Waals surface area contributed by atoms with Crippen molar-refractivity contribution >= 4 is 17.3 Å². The van der Waals surface area contributed by atoms with Crippen molar-refractivity contribution in [2.24, 2.45) is 16.2 Å². The highest BCUT2D eigenvalue weighted by atomic mass is 16.6. The van der Waals surface area contributed by atoms with Crippen LogP contribution in [0, 0.1) is 12.8 Å². The maximum Gasteiger partial charge on any atom is 0.273 e. The summed E-state index contributed by atoms with van der Waals surface area (Å²) in [5.74, 6) is 0.301. The van der Waals surface area contributed by atoms with Crippen LogP contribution in [0.1, 0.15) is 34.7 Å². The van der Waals surface area contributed by atoms with Gasteiger partial charge in [0.2, 0.25) is 0 Å². The van der Waals surface area contributed by atoms with Crippen LogP contribution in [0.15, 0.2) is 52.8 Å². The smallest absolute Gasteiger partial charge is 0.273 e. The Hall–Kier alpha value is -3.19. The molecule has 1 aliphatic heterocycles. The fourth-order valence-corrected chi connectivity index (χ4v) is 3.40. The molecular weight excluding hydrogens is 394 g/mol. The molecule has 1 heterocycles. The number of carbonyl (C=O) groups is 1. The lowest BCUT2D eigenvalue weighted by atomic mass is 9.97. The molecule has 0 bridgehead atoms. The van der Waals surface area contributed by atoms with Crippen LogP contribution in [0.25, 0.3) is 0 Å². The second kappa shape index (κ2) is 10.7. The van der Waals surface area contributed by atoms with Gasteiger partial charge in [-0.2, -0.15) is 0 Å². The number of likely N-dealkylation sites (N-methyl/N-ethyl adjacent to an activating group) is 1. The number of nitrogens with zero attached hydrogens (tertiary/aromatic N) is 2. The van der Waals surface area contributed by atoms with Crippen molar-refractivity contribution in [2.75, 3.05) is 27.4 Å². The molecule has 3 rings (SSSR count). The molecule has 1 aliphatic rings. The molecular formula is C24H29N3O4. The number of ether oxygens (including phenoxy) is 1. The molecule has 0 unspecified atom stereocenters. The topological polar surface area (TPSA) is 81.5 Å². The lowest BCUT2D eigenvalue weighted by Gasteiger charge is -2.25. The second-order valence-electron chi connectivity index (χ2n) is 7.56. The van der Waals surface area contributed by atoms with E-state index >= 15 is 0 Å². The molecule has 1 fully saturated rings. The third kappa shape index (κ3) is 5.70. The summed E-state index contributed by atoms with van der Waals surface area (Å²) < 4.78 is 5.24. The van der Waals surface area contributed by atoms with Crippen LogP contribution in [0.5, 0.6) is 0 Å². The summed E-state index contributed by atoms with van der Waals surface area (Å²) in [6, 6.07) is 14.0. The average Bonchev–Trinajstić information content (AvgIpc) is 2.75. The molecule has 164 valence electrons. The molecule has 2 aromatic carbocycles. The van der Waals surface area contributed by atoms with E-state index in [1.54, 1.807) is 7.05 Å². The number of benzene rings is 2. The first-order valence-corrected chi connectivity index (χ1v) is 10.3. The zero-order valence-electron chi connectivity index (χ0n) is 18.5. The van der Waals surface area contributed by atoms with E-state index in [1.165, 1.54) is 12.7 Å². The van der Waals surface area contributed by atoms with Crippen molar-refractivity contribution in [1.29, 1.82) is 0 Å². The van der Waals surface area contributed by atoms with Gasteiger partial charge in [-0.1, -0.05) is 52.8 Å². The summed E-state index contributed by atoms with van der Waals surface area (Å²) >= 11 is 0. The largest absolute Gasteiger partial charge is 0.398 e. The maximum atomic E-state index is 12.3. The van der Waals surface area contributed by atoms with Crippen LogP contribution in [-0.2, 0) is 32.2 Å². The van der Waals surface area contributed by atoms with E-state index in [9.17, 15) is 4.79 Å². The van der Waals surface area contributed by atoms with Gasteiger partial charge in [0, 0.05) is 24.1 Å². The van der Waals surface area contributed by atoms with Gasteiger partial charge in [-0.15, -0.1) is 0 Å². The molecule has 0 atom stereocenters. The summed E-state index contributed by atoms with van der Waals surface area (Å²) in [4.78, 5) is 22.8. The van der Waals surface area contributed by atoms with Crippen LogP contribution in [0.2, 0.25) is 0 Å². The normalized spacial score (nSPS) is 14.7. The number of hydrogen-bond acceptors (Lipinski definition) is 6. The summed E-state index contributed by atoms with van der Waals surface area (Å²) in [7, 11) is 2.96. The predicted molar refractivity (Wildman–Crippen MR) is 120 cm³/mol. The summed E-state index contributed by atoms with van der Waals surface area (Å²) in [6.07, 6.45) is 1.04. The molecule has 1 saturated heterocycles. The van der Waals surface area contributed by atoms with Gasteiger partial charge in [-0.25, -0.2) is 0 Å². The number of carbonyl (C=O) groups excluding carboxylic acids is 1. The van der Waals surface area contributed by atoms with Gasteiger partial charge < -0.3 is 19.7 Å². The minimum absolute atomic E-state index is 0.195. The Morgan fingerprint density at radius 2 is 1.90 bits per heavy atom. The predicted octanol–water partition coefficient (Wildman–Crippen LogP) is 3.22. The molecule has 1 N–H and O–H groups in total. The van der Waals surface area contributed by atoms with E-state index < -0.39 is 0 Å². The number of hydrogen-bond donors (Lipinski definition) is 1. The van der Waals surface area contributed by atoms with E-state index in [1.807, 2.05) is 32.0 Å². The van der Waals surface area contributed by atoms with Gasteiger partial charge >= 0.3 is 0 Å². The SMILES string of the molecule is CNC(=O)/C(=N/OC)c1cccc(C)c1CO/N=C(\C)c1ccc(CC2COC2)cc1. The Morgan fingerprint density at radius 1 is 1.16 bits per heavy atom. The van der Waals surface area contributed by atoms with Crippen molar-refractivity contribution in [3.8, 4) is 0 Å². The summed E-state index contributed by atoms with van der Waals surface area (Å²) in [6.45, 7) is 5.79. The molecule has 0 radical (unpaired) electrons. The van der Waals surface area contributed by atoms with Gasteiger partial charge in [-0.05, 0) is 37.0 Å². The van der Waals surface area contributed by atoms with Crippen molar-refractivity contribution in [3.63, 3.8) is 0 Å². The van der Waals surface area contributed by atoms with E-state index in [4.69, 9.17) is 14.4 Å². The Balaban J connectivity index is 1.71. The number of amides is 1. The standard InChI is InChI=1S/C24H29N3O4/c1-16-6-5-7-21(23(27-29-4)24(28)25-3)22(16)15-31-26-17(2)20-10-8-18(9-11-20)12-19-13-30-14-19/h5-11,19H,12-15H2,1-4H3,(H,25,28)/b26-17+,27-23+. The first-order valence-electron chi connectivity index (χ1n) is 10.3. The van der Waals surface area contributed by atoms with E-state index in [0.29, 0.717) is 11.5 Å². The number of rotatable bonds is 9. The maximum absolute atomic E-state index is 12.3. The van der Waals surface area contributed by atoms with Gasteiger partial charge in [0.15, 0.2) is 5.71 Å². The molecule has 2 aromatic rings. The second-order valence-corrected chi connectivity index (χ2v) is 7.56. The highest BCUT2D eigenvalue weighted by molar-refractivity contribution is 6.45. The average molecular weight is 424 g/mol. The fourth-order valence-electron chi connectivity index (χ4n) is 3.40. The van der Waals surface area contributed by atoms with Crippen LogP contribution < -0.4 is 5.32 Å². The van der Waals surface area contributed by atoms with Crippen molar-refractivity contribution in [2.45, 2.75) is 26.9 Å². The molecule has 31 heavy (non-hydrogen) atoms. The van der Waals surface area contributed by atoms with Crippen molar-refractivity contribution in [3.05, 3.63) is 70.3 Å². The first kappa shape index (κ1) is 22.5. The van der Waals surface area contributed by atoms with Gasteiger partial charge in [0.1, 0.15) is 13.7 Å². The minimum Gasteiger partial charge on any atom is -0.398 e. The highest BCUT2D eigenvalue weighted by Crippen LogP contribution is 2.19. The van der Waals surface area contributed by atoms with Crippen molar-refractivity contribution < 1.29 is 19.2 Å². The Kier molecular flexibility index (Phi) is 7.78. The highest BCUT2D eigenvalue weighted by Gasteiger charge is 2.20. The van der Waals surface area contributed by atoms with Crippen LogP contribution in [0.3, 0.4) is 0 Å². The molecule has 0 spiro atoms. The third-order valence-electron chi connectivity index (χ3n) is 5.30. The fraction of sp³-hybridized carbons (Fsp3) is 0.375. The number of nitrogens with one attached hydrogen (secondary N) is 1. The zero-order chi connectivity index (χ0) is 22.2. The molecule has 0 aliphatic carbocycles. The molecule has 1 amide bonds. The van der Waals surface area contributed by atoms with Gasteiger partial charge in [0.25, 0.3) is 5.91 Å². The molecule has 0 aromatic heterocycles. The lowest BCUT2D eigenvalue weighted by molar-refractivity contribution is -0.114.